The molecule has 1 fully saturated rings. The molecule has 2 aromatic carbocycles. The van der Waals surface area contributed by atoms with Gasteiger partial charge in [-0.2, -0.15) is 0 Å². The summed E-state index contributed by atoms with van der Waals surface area (Å²) in [7, 11) is 0. The van der Waals surface area contributed by atoms with E-state index < -0.39 is 5.97 Å². The van der Waals surface area contributed by atoms with Crippen molar-refractivity contribution in [3.05, 3.63) is 69.6 Å². The highest BCUT2D eigenvalue weighted by Gasteiger charge is 2.32. The number of thioether (sulfide) groups is 1. The van der Waals surface area contributed by atoms with Crippen molar-refractivity contribution < 1.29 is 19.5 Å². The van der Waals surface area contributed by atoms with Crippen LogP contribution in [0.4, 0.5) is 5.69 Å². The second-order valence-corrected chi connectivity index (χ2v) is 8.18. The fourth-order valence-corrected chi connectivity index (χ4v) is 4.00. The van der Waals surface area contributed by atoms with E-state index in [1.54, 1.807) is 42.5 Å². The number of benzene rings is 2. The minimum Gasteiger partial charge on any atom is -0.478 e. The number of halogens is 1. The smallest absolute Gasteiger partial charge is 0.335 e. The Morgan fingerprint density at radius 3 is 2.62 bits per heavy atom. The Hall–Kier alpha value is -2.68. The molecule has 0 aliphatic carbocycles. The van der Waals surface area contributed by atoms with E-state index in [0.29, 0.717) is 19.9 Å². The van der Waals surface area contributed by atoms with Crippen molar-refractivity contribution >= 4 is 69.4 Å². The molecule has 0 unspecified atom stereocenters. The Kier molecular flexibility index (Phi) is 6.68. The lowest BCUT2D eigenvalue weighted by atomic mass is 10.2. The van der Waals surface area contributed by atoms with E-state index >= 15 is 0 Å². The van der Waals surface area contributed by atoms with Gasteiger partial charge < -0.3 is 10.4 Å². The second-order valence-electron chi connectivity index (χ2n) is 6.07. The van der Waals surface area contributed by atoms with Gasteiger partial charge in [-0.15, -0.1) is 0 Å². The number of hydrogen-bond acceptors (Lipinski definition) is 5. The number of rotatable bonds is 6. The molecule has 29 heavy (non-hydrogen) atoms. The third kappa shape index (κ3) is 5.44. The minimum atomic E-state index is -1.08. The molecule has 1 aliphatic rings. The van der Waals surface area contributed by atoms with Crippen LogP contribution in [0.2, 0.25) is 5.02 Å². The molecule has 9 heteroatoms. The summed E-state index contributed by atoms with van der Waals surface area (Å²) in [4.78, 5) is 37.7. The highest BCUT2D eigenvalue weighted by Crippen LogP contribution is 2.32. The van der Waals surface area contributed by atoms with Crippen LogP contribution in [0.1, 0.15) is 22.3 Å². The molecule has 2 aromatic rings. The molecule has 1 heterocycles. The maximum absolute atomic E-state index is 12.6. The van der Waals surface area contributed by atoms with Gasteiger partial charge in [-0.25, -0.2) is 4.79 Å². The first-order chi connectivity index (χ1) is 13.8. The molecule has 0 aromatic heterocycles. The SMILES string of the molecule is O=C(CCN1C(=O)/C(=C\c2ccc(Cl)cc2)SC1=S)Nc1cccc(C(=O)O)c1. The van der Waals surface area contributed by atoms with Crippen molar-refractivity contribution in [3.8, 4) is 0 Å². The van der Waals surface area contributed by atoms with E-state index in [0.717, 1.165) is 5.56 Å². The van der Waals surface area contributed by atoms with Gasteiger partial charge in [0.25, 0.3) is 5.91 Å². The first-order valence-corrected chi connectivity index (χ1v) is 10.1. The molecule has 0 radical (unpaired) electrons. The number of carbonyl (C=O) groups is 3. The number of nitrogens with zero attached hydrogens (tertiary/aromatic N) is 1. The fourth-order valence-electron chi connectivity index (χ4n) is 2.57. The number of nitrogens with one attached hydrogen (secondary N) is 1. The zero-order valence-corrected chi connectivity index (χ0v) is 17.3. The van der Waals surface area contributed by atoms with Gasteiger partial charge in [-0.1, -0.05) is 53.8 Å². The lowest BCUT2D eigenvalue weighted by Gasteiger charge is -2.14. The lowest BCUT2D eigenvalue weighted by Crippen LogP contribution is -2.31. The predicted octanol–water partition coefficient (Wildman–Crippen LogP) is 4.27. The average molecular weight is 447 g/mol. The normalized spacial score (nSPS) is 15.1. The summed E-state index contributed by atoms with van der Waals surface area (Å²) in [6.45, 7) is 0.132. The summed E-state index contributed by atoms with van der Waals surface area (Å²) in [6, 6.07) is 13.0. The highest BCUT2D eigenvalue weighted by molar-refractivity contribution is 8.26. The van der Waals surface area contributed by atoms with Crippen LogP contribution in [0.5, 0.6) is 0 Å². The molecule has 2 amide bonds. The summed E-state index contributed by atoms with van der Waals surface area (Å²) in [5, 5.41) is 12.2. The van der Waals surface area contributed by atoms with Gasteiger partial charge in [0.2, 0.25) is 5.91 Å². The topological polar surface area (TPSA) is 86.7 Å². The van der Waals surface area contributed by atoms with Crippen molar-refractivity contribution in [2.24, 2.45) is 0 Å². The molecule has 0 spiro atoms. The molecule has 0 saturated carbocycles. The fraction of sp³-hybridized carbons (Fsp3) is 0.100. The standard InChI is InChI=1S/C20H15ClN2O4S2/c21-14-6-4-12(5-7-14)10-16-18(25)23(20(28)29-16)9-8-17(24)22-15-3-1-2-13(11-15)19(26)27/h1-7,10-11H,8-9H2,(H,22,24)(H,26,27)/b16-10+. The van der Waals surface area contributed by atoms with E-state index in [2.05, 4.69) is 5.32 Å². The van der Waals surface area contributed by atoms with Crippen LogP contribution >= 0.6 is 35.6 Å². The predicted molar refractivity (Wildman–Crippen MR) is 118 cm³/mol. The van der Waals surface area contributed by atoms with E-state index in [1.807, 2.05) is 0 Å². The van der Waals surface area contributed by atoms with Crippen LogP contribution in [-0.2, 0) is 9.59 Å². The van der Waals surface area contributed by atoms with E-state index in [9.17, 15) is 14.4 Å². The van der Waals surface area contributed by atoms with E-state index in [4.69, 9.17) is 28.9 Å². The maximum Gasteiger partial charge on any atom is 0.335 e. The quantitative estimate of drug-likeness (QED) is 0.509. The Morgan fingerprint density at radius 1 is 1.21 bits per heavy atom. The van der Waals surface area contributed by atoms with Crippen molar-refractivity contribution in [1.82, 2.24) is 4.90 Å². The first kappa shape index (κ1) is 21.0. The summed E-state index contributed by atoms with van der Waals surface area (Å²) in [5.41, 5.74) is 1.28. The van der Waals surface area contributed by atoms with Crippen LogP contribution in [0, 0.1) is 0 Å². The van der Waals surface area contributed by atoms with Gasteiger partial charge in [0.05, 0.1) is 10.5 Å². The van der Waals surface area contributed by atoms with E-state index in [1.165, 1.54) is 28.8 Å². The van der Waals surface area contributed by atoms with Crippen molar-refractivity contribution in [3.63, 3.8) is 0 Å². The third-order valence-electron chi connectivity index (χ3n) is 4.00. The monoisotopic (exact) mass is 446 g/mol. The Balaban J connectivity index is 1.60. The molecule has 1 saturated heterocycles. The largest absolute Gasteiger partial charge is 0.478 e. The Morgan fingerprint density at radius 2 is 1.93 bits per heavy atom. The second kappa shape index (κ2) is 9.21. The molecule has 148 valence electrons. The van der Waals surface area contributed by atoms with Gasteiger partial charge >= 0.3 is 5.97 Å². The zero-order valence-electron chi connectivity index (χ0n) is 14.9. The van der Waals surface area contributed by atoms with E-state index in [-0.39, 0.29) is 30.3 Å². The zero-order chi connectivity index (χ0) is 21.0. The maximum atomic E-state index is 12.6. The summed E-state index contributed by atoms with van der Waals surface area (Å²) < 4.78 is 0.385. The molecule has 1 aliphatic heterocycles. The number of carboxylic acid groups (broad SMARTS) is 1. The first-order valence-electron chi connectivity index (χ1n) is 8.47. The van der Waals surface area contributed by atoms with Crippen molar-refractivity contribution in [2.75, 3.05) is 11.9 Å². The van der Waals surface area contributed by atoms with Gasteiger partial charge in [-0.05, 0) is 42.0 Å². The number of carbonyl (C=O) groups excluding carboxylic acids is 2. The number of carboxylic acids is 1. The molecule has 6 nitrogen and oxygen atoms in total. The molecule has 3 rings (SSSR count). The van der Waals surface area contributed by atoms with Gasteiger partial charge in [-0.3, -0.25) is 14.5 Å². The van der Waals surface area contributed by atoms with Crippen LogP contribution in [0.3, 0.4) is 0 Å². The lowest BCUT2D eigenvalue weighted by molar-refractivity contribution is -0.122. The number of anilines is 1. The molecule has 0 atom stereocenters. The molecular weight excluding hydrogens is 432 g/mol. The number of aromatic carboxylic acids is 1. The third-order valence-corrected chi connectivity index (χ3v) is 5.63. The van der Waals surface area contributed by atoms with Crippen LogP contribution in [0.25, 0.3) is 6.08 Å². The van der Waals surface area contributed by atoms with Gasteiger partial charge in [0.1, 0.15) is 4.32 Å². The number of thiocarbonyl (C=S) groups is 1. The van der Waals surface area contributed by atoms with Crippen molar-refractivity contribution in [1.29, 1.82) is 0 Å². The number of hydrogen-bond donors (Lipinski definition) is 2. The summed E-state index contributed by atoms with van der Waals surface area (Å²) in [6.07, 6.45) is 1.76. The molecule has 0 bridgehead atoms. The van der Waals surface area contributed by atoms with Crippen molar-refractivity contribution in [2.45, 2.75) is 6.42 Å². The van der Waals surface area contributed by atoms with Gasteiger partial charge in [0, 0.05) is 23.7 Å². The summed E-state index contributed by atoms with van der Waals surface area (Å²) in [5.74, 6) is -1.68. The highest BCUT2D eigenvalue weighted by atomic mass is 35.5. The molecular formula is C20H15ClN2O4S2. The molecule has 2 N–H and O–H groups in total. The number of amides is 2. The van der Waals surface area contributed by atoms with Crippen LogP contribution in [0.15, 0.2) is 53.4 Å². The Labute approximate surface area is 181 Å². The summed E-state index contributed by atoms with van der Waals surface area (Å²) >= 11 is 12.3. The van der Waals surface area contributed by atoms with Gasteiger partial charge in [0.15, 0.2) is 0 Å². The van der Waals surface area contributed by atoms with Crippen LogP contribution < -0.4 is 5.32 Å². The van der Waals surface area contributed by atoms with Crippen LogP contribution in [-0.4, -0.2) is 38.7 Å². The average Bonchev–Trinajstić information content (AvgIpc) is 2.95. The Bertz CT molecular complexity index is 1020. The minimum absolute atomic E-state index is 0.0258.